The largest absolute Gasteiger partial charge is 0.494 e. The van der Waals surface area contributed by atoms with E-state index in [9.17, 15) is 4.79 Å². The summed E-state index contributed by atoms with van der Waals surface area (Å²) < 4.78 is 10.5. The predicted octanol–water partition coefficient (Wildman–Crippen LogP) is 3.41. The van der Waals surface area contributed by atoms with Crippen LogP contribution in [0.25, 0.3) is 0 Å². The predicted molar refractivity (Wildman–Crippen MR) is 87.1 cm³/mol. The molecule has 0 fully saturated rings. The first-order valence-corrected chi connectivity index (χ1v) is 7.30. The maximum absolute atomic E-state index is 12.1. The minimum atomic E-state index is -0.0428. The molecule has 2 rings (SSSR count). The minimum absolute atomic E-state index is 0.0428. The molecule has 116 valence electrons. The Morgan fingerprint density at radius 2 is 1.86 bits per heavy atom. The fourth-order valence-electron chi connectivity index (χ4n) is 2.17. The first-order valence-electron chi connectivity index (χ1n) is 7.30. The monoisotopic (exact) mass is 299 g/mol. The van der Waals surface area contributed by atoms with Crippen LogP contribution < -0.4 is 10.1 Å². The van der Waals surface area contributed by atoms with Crippen molar-refractivity contribution in [3.8, 4) is 5.75 Å². The SMILES string of the molecule is CCOc1ccc(CC(=O)Nc2cccc(COC)c2)cc1. The van der Waals surface area contributed by atoms with Gasteiger partial charge in [-0.1, -0.05) is 24.3 Å². The zero-order valence-corrected chi connectivity index (χ0v) is 13.0. The second-order valence-corrected chi connectivity index (χ2v) is 4.94. The van der Waals surface area contributed by atoms with Crippen molar-refractivity contribution in [2.24, 2.45) is 0 Å². The molecule has 0 aliphatic heterocycles. The molecule has 4 heteroatoms. The van der Waals surface area contributed by atoms with Crippen molar-refractivity contribution in [3.05, 3.63) is 59.7 Å². The Kier molecular flexibility index (Phi) is 5.98. The Hall–Kier alpha value is -2.33. The van der Waals surface area contributed by atoms with Crippen molar-refractivity contribution < 1.29 is 14.3 Å². The van der Waals surface area contributed by atoms with E-state index in [2.05, 4.69) is 5.32 Å². The number of hydrogen-bond acceptors (Lipinski definition) is 3. The highest BCUT2D eigenvalue weighted by Crippen LogP contribution is 2.14. The topological polar surface area (TPSA) is 47.6 Å². The van der Waals surface area contributed by atoms with Gasteiger partial charge in [0.1, 0.15) is 5.75 Å². The summed E-state index contributed by atoms with van der Waals surface area (Å²) in [5, 5.41) is 2.90. The van der Waals surface area contributed by atoms with E-state index in [1.165, 1.54) is 0 Å². The lowest BCUT2D eigenvalue weighted by Crippen LogP contribution is -2.14. The zero-order valence-electron chi connectivity index (χ0n) is 13.0. The van der Waals surface area contributed by atoms with Gasteiger partial charge in [0, 0.05) is 12.8 Å². The molecular formula is C18H21NO3. The molecule has 4 nitrogen and oxygen atoms in total. The molecule has 0 radical (unpaired) electrons. The number of hydrogen-bond donors (Lipinski definition) is 1. The van der Waals surface area contributed by atoms with Crippen LogP contribution in [0.4, 0.5) is 5.69 Å². The molecule has 0 heterocycles. The van der Waals surface area contributed by atoms with Crippen LogP contribution in [-0.2, 0) is 22.6 Å². The van der Waals surface area contributed by atoms with Crippen LogP contribution in [0.1, 0.15) is 18.1 Å². The van der Waals surface area contributed by atoms with Gasteiger partial charge in [-0.15, -0.1) is 0 Å². The highest BCUT2D eigenvalue weighted by molar-refractivity contribution is 5.92. The summed E-state index contributed by atoms with van der Waals surface area (Å²) in [5.41, 5.74) is 2.76. The van der Waals surface area contributed by atoms with Gasteiger partial charge < -0.3 is 14.8 Å². The summed E-state index contributed by atoms with van der Waals surface area (Å²) in [6.45, 7) is 3.11. The van der Waals surface area contributed by atoms with Gasteiger partial charge in [0.15, 0.2) is 0 Å². The molecule has 0 saturated carbocycles. The van der Waals surface area contributed by atoms with Gasteiger partial charge in [-0.2, -0.15) is 0 Å². The molecule has 0 spiro atoms. The first-order chi connectivity index (χ1) is 10.7. The van der Waals surface area contributed by atoms with Crippen LogP contribution in [0.5, 0.6) is 5.75 Å². The number of anilines is 1. The van der Waals surface area contributed by atoms with E-state index in [0.29, 0.717) is 19.6 Å². The Labute approximate surface area is 131 Å². The van der Waals surface area contributed by atoms with Crippen LogP contribution in [0, 0.1) is 0 Å². The highest BCUT2D eigenvalue weighted by Gasteiger charge is 2.05. The molecule has 0 atom stereocenters. The Balaban J connectivity index is 1.93. The second-order valence-electron chi connectivity index (χ2n) is 4.94. The Morgan fingerprint density at radius 1 is 1.09 bits per heavy atom. The molecule has 1 amide bonds. The van der Waals surface area contributed by atoms with Gasteiger partial charge in [0.25, 0.3) is 0 Å². The van der Waals surface area contributed by atoms with Crippen molar-refractivity contribution >= 4 is 11.6 Å². The van der Waals surface area contributed by atoms with E-state index in [1.54, 1.807) is 7.11 Å². The van der Waals surface area contributed by atoms with Crippen LogP contribution >= 0.6 is 0 Å². The number of ether oxygens (including phenoxy) is 2. The van der Waals surface area contributed by atoms with Crippen molar-refractivity contribution in [1.29, 1.82) is 0 Å². The number of nitrogens with one attached hydrogen (secondary N) is 1. The third-order valence-electron chi connectivity index (χ3n) is 3.12. The summed E-state index contributed by atoms with van der Waals surface area (Å²) in [5.74, 6) is 0.776. The number of benzene rings is 2. The van der Waals surface area contributed by atoms with Crippen LogP contribution in [0.15, 0.2) is 48.5 Å². The van der Waals surface area contributed by atoms with Crippen molar-refractivity contribution in [1.82, 2.24) is 0 Å². The van der Waals surface area contributed by atoms with E-state index in [-0.39, 0.29) is 5.91 Å². The Bertz CT molecular complexity index is 608. The van der Waals surface area contributed by atoms with Gasteiger partial charge in [-0.3, -0.25) is 4.79 Å². The van der Waals surface area contributed by atoms with E-state index in [4.69, 9.17) is 9.47 Å². The average Bonchev–Trinajstić information content (AvgIpc) is 2.50. The van der Waals surface area contributed by atoms with E-state index >= 15 is 0 Å². The molecule has 2 aromatic carbocycles. The molecule has 2 aromatic rings. The fourth-order valence-corrected chi connectivity index (χ4v) is 2.17. The number of methoxy groups -OCH3 is 1. The first kappa shape index (κ1) is 16.0. The maximum Gasteiger partial charge on any atom is 0.228 e. The van der Waals surface area contributed by atoms with Crippen molar-refractivity contribution in [3.63, 3.8) is 0 Å². The number of rotatable bonds is 7. The number of carbonyl (C=O) groups excluding carboxylic acids is 1. The molecular weight excluding hydrogens is 278 g/mol. The van der Waals surface area contributed by atoms with Crippen LogP contribution in [0.3, 0.4) is 0 Å². The summed E-state index contributed by atoms with van der Waals surface area (Å²) >= 11 is 0. The Morgan fingerprint density at radius 3 is 2.55 bits per heavy atom. The molecule has 1 N–H and O–H groups in total. The van der Waals surface area contributed by atoms with Crippen LogP contribution in [-0.4, -0.2) is 19.6 Å². The lowest BCUT2D eigenvalue weighted by atomic mass is 10.1. The van der Waals surface area contributed by atoms with Gasteiger partial charge in [0.2, 0.25) is 5.91 Å². The summed E-state index contributed by atoms with van der Waals surface area (Å²) in [4.78, 5) is 12.1. The zero-order chi connectivity index (χ0) is 15.8. The van der Waals surface area contributed by atoms with Gasteiger partial charge in [0.05, 0.1) is 19.6 Å². The second kappa shape index (κ2) is 8.20. The van der Waals surface area contributed by atoms with Gasteiger partial charge >= 0.3 is 0 Å². The van der Waals surface area contributed by atoms with Crippen LogP contribution in [0.2, 0.25) is 0 Å². The number of carbonyl (C=O) groups is 1. The average molecular weight is 299 g/mol. The molecule has 0 aromatic heterocycles. The normalized spacial score (nSPS) is 10.3. The smallest absolute Gasteiger partial charge is 0.228 e. The van der Waals surface area contributed by atoms with Gasteiger partial charge in [-0.05, 0) is 42.3 Å². The molecule has 22 heavy (non-hydrogen) atoms. The van der Waals surface area contributed by atoms with Crippen molar-refractivity contribution in [2.75, 3.05) is 19.0 Å². The third-order valence-corrected chi connectivity index (χ3v) is 3.12. The standard InChI is InChI=1S/C18H21NO3/c1-3-22-17-9-7-14(8-10-17)12-18(20)19-16-6-4-5-15(11-16)13-21-2/h4-11H,3,12-13H2,1-2H3,(H,19,20). The molecule has 0 bridgehead atoms. The molecule has 0 aliphatic rings. The third kappa shape index (κ3) is 4.90. The minimum Gasteiger partial charge on any atom is -0.494 e. The number of amides is 1. The lowest BCUT2D eigenvalue weighted by molar-refractivity contribution is -0.115. The highest BCUT2D eigenvalue weighted by atomic mass is 16.5. The molecule has 0 saturated heterocycles. The maximum atomic E-state index is 12.1. The van der Waals surface area contributed by atoms with E-state index in [1.807, 2.05) is 55.5 Å². The summed E-state index contributed by atoms with van der Waals surface area (Å²) in [6, 6.07) is 15.2. The summed E-state index contributed by atoms with van der Waals surface area (Å²) in [6.07, 6.45) is 0.334. The molecule has 0 aliphatic carbocycles. The quantitative estimate of drug-likeness (QED) is 0.852. The van der Waals surface area contributed by atoms with Crippen molar-refractivity contribution in [2.45, 2.75) is 20.0 Å². The van der Waals surface area contributed by atoms with E-state index < -0.39 is 0 Å². The van der Waals surface area contributed by atoms with Gasteiger partial charge in [-0.25, -0.2) is 0 Å². The summed E-state index contributed by atoms with van der Waals surface area (Å²) in [7, 11) is 1.65. The lowest BCUT2D eigenvalue weighted by Gasteiger charge is -2.08. The molecule has 0 unspecified atom stereocenters. The fraction of sp³-hybridized carbons (Fsp3) is 0.278. The van der Waals surface area contributed by atoms with E-state index in [0.717, 1.165) is 22.6 Å².